The van der Waals surface area contributed by atoms with E-state index in [1.165, 1.54) is 6.33 Å². The van der Waals surface area contributed by atoms with E-state index in [0.29, 0.717) is 16.1 Å². The Labute approximate surface area is 114 Å². The maximum Gasteiger partial charge on any atom is 0.158 e. The van der Waals surface area contributed by atoms with Crippen LogP contribution in [-0.4, -0.2) is 41.1 Å². The van der Waals surface area contributed by atoms with E-state index in [2.05, 4.69) is 25.2 Å². The van der Waals surface area contributed by atoms with Crippen LogP contribution in [0.2, 0.25) is 10.2 Å². The number of nitrogens with zero attached hydrogens (tertiary/aromatic N) is 4. The summed E-state index contributed by atoms with van der Waals surface area (Å²) in [5.74, 6) is 0.820. The number of hydrogen-bond acceptors (Lipinski definition) is 5. The second-order valence-corrected chi connectivity index (χ2v) is 4.83. The second-order valence-electron chi connectivity index (χ2n) is 4.06. The lowest BCUT2D eigenvalue weighted by Gasteiger charge is -2.28. The molecule has 0 spiro atoms. The molecule has 1 fully saturated rings. The van der Waals surface area contributed by atoms with Crippen LogP contribution in [0, 0.1) is 0 Å². The lowest BCUT2D eigenvalue weighted by atomic mass is 10.3. The maximum absolute atomic E-state index is 5.97. The Hall–Kier alpha value is -1.17. The van der Waals surface area contributed by atoms with Crippen molar-refractivity contribution in [3.63, 3.8) is 0 Å². The van der Waals surface area contributed by atoms with Gasteiger partial charge in [-0.1, -0.05) is 23.2 Å². The monoisotopic (exact) mass is 283 g/mol. The molecule has 0 aromatic carbocycles. The van der Waals surface area contributed by atoms with Gasteiger partial charge in [0.2, 0.25) is 0 Å². The van der Waals surface area contributed by atoms with Crippen LogP contribution >= 0.6 is 23.2 Å². The lowest BCUT2D eigenvalue weighted by molar-refractivity contribution is 0.586. The SMILES string of the molecule is Clc1cc2ncnc(N3CCNCC3)c2nc1Cl. The summed E-state index contributed by atoms with van der Waals surface area (Å²) < 4.78 is 0. The normalized spacial score (nSPS) is 16.2. The molecule has 1 saturated heterocycles. The average Bonchev–Trinajstić information content (AvgIpc) is 2.40. The van der Waals surface area contributed by atoms with Gasteiger partial charge < -0.3 is 10.2 Å². The predicted octanol–water partition coefficient (Wildman–Crippen LogP) is 1.74. The number of piperazine rings is 1. The average molecular weight is 284 g/mol. The van der Waals surface area contributed by atoms with Crippen molar-refractivity contribution in [2.75, 3.05) is 31.1 Å². The second kappa shape index (κ2) is 4.84. The molecule has 94 valence electrons. The molecule has 0 saturated carbocycles. The summed E-state index contributed by atoms with van der Waals surface area (Å²) in [4.78, 5) is 15.0. The van der Waals surface area contributed by atoms with Gasteiger partial charge in [0.05, 0.1) is 10.5 Å². The highest BCUT2D eigenvalue weighted by Crippen LogP contribution is 2.27. The molecule has 3 rings (SSSR count). The minimum absolute atomic E-state index is 0.287. The van der Waals surface area contributed by atoms with Crippen molar-refractivity contribution < 1.29 is 0 Å². The molecule has 2 aromatic rings. The highest BCUT2D eigenvalue weighted by atomic mass is 35.5. The smallest absolute Gasteiger partial charge is 0.158 e. The number of hydrogen-bond donors (Lipinski definition) is 1. The zero-order valence-corrected chi connectivity index (χ0v) is 11.0. The van der Waals surface area contributed by atoms with E-state index in [-0.39, 0.29) is 5.15 Å². The third-order valence-electron chi connectivity index (χ3n) is 2.92. The molecule has 1 aliphatic rings. The van der Waals surface area contributed by atoms with Crippen LogP contribution in [0.3, 0.4) is 0 Å². The predicted molar refractivity (Wildman–Crippen MR) is 72.4 cm³/mol. The van der Waals surface area contributed by atoms with E-state index in [4.69, 9.17) is 23.2 Å². The molecule has 0 atom stereocenters. The van der Waals surface area contributed by atoms with Crippen molar-refractivity contribution >= 4 is 40.1 Å². The van der Waals surface area contributed by atoms with Crippen molar-refractivity contribution in [3.05, 3.63) is 22.6 Å². The highest BCUT2D eigenvalue weighted by Gasteiger charge is 2.17. The molecule has 0 aliphatic carbocycles. The van der Waals surface area contributed by atoms with Crippen LogP contribution in [0.1, 0.15) is 0 Å². The minimum atomic E-state index is 0.287. The Bertz CT molecular complexity index is 583. The van der Waals surface area contributed by atoms with E-state index in [1.807, 2.05) is 0 Å². The number of fused-ring (bicyclic) bond motifs is 1. The molecular formula is C11H11Cl2N5. The lowest BCUT2D eigenvalue weighted by Crippen LogP contribution is -2.44. The van der Waals surface area contributed by atoms with E-state index in [0.717, 1.165) is 32.0 Å². The Morgan fingerprint density at radius 3 is 2.72 bits per heavy atom. The molecule has 3 heterocycles. The summed E-state index contributed by atoms with van der Waals surface area (Å²) in [6.07, 6.45) is 1.53. The molecule has 0 unspecified atom stereocenters. The van der Waals surface area contributed by atoms with Gasteiger partial charge in [-0.25, -0.2) is 15.0 Å². The molecule has 2 aromatic heterocycles. The number of nitrogens with one attached hydrogen (secondary N) is 1. The first-order valence-corrected chi connectivity index (χ1v) is 6.44. The number of rotatable bonds is 1. The zero-order valence-electron chi connectivity index (χ0n) is 9.53. The molecule has 1 N–H and O–H groups in total. The third kappa shape index (κ3) is 2.09. The maximum atomic E-state index is 5.97. The Morgan fingerprint density at radius 2 is 1.94 bits per heavy atom. The van der Waals surface area contributed by atoms with E-state index >= 15 is 0 Å². The molecule has 1 aliphatic heterocycles. The fourth-order valence-corrected chi connectivity index (χ4v) is 2.32. The first kappa shape index (κ1) is 11.9. The Morgan fingerprint density at radius 1 is 1.17 bits per heavy atom. The van der Waals surface area contributed by atoms with Crippen LogP contribution in [0.5, 0.6) is 0 Å². The highest BCUT2D eigenvalue weighted by molar-refractivity contribution is 6.41. The van der Waals surface area contributed by atoms with Gasteiger partial charge in [0.25, 0.3) is 0 Å². The van der Waals surface area contributed by atoms with Gasteiger partial charge in [0.1, 0.15) is 17.0 Å². The van der Waals surface area contributed by atoms with E-state index < -0.39 is 0 Å². The van der Waals surface area contributed by atoms with Crippen LogP contribution < -0.4 is 10.2 Å². The topological polar surface area (TPSA) is 53.9 Å². The summed E-state index contributed by atoms with van der Waals surface area (Å²) in [5.41, 5.74) is 1.42. The molecule has 18 heavy (non-hydrogen) atoms. The summed E-state index contributed by atoms with van der Waals surface area (Å²) in [6, 6.07) is 1.72. The first-order chi connectivity index (χ1) is 8.75. The number of halogens is 2. The van der Waals surface area contributed by atoms with Crippen LogP contribution in [0.4, 0.5) is 5.82 Å². The molecule has 0 bridgehead atoms. The zero-order chi connectivity index (χ0) is 12.5. The molecule has 7 heteroatoms. The summed E-state index contributed by atoms with van der Waals surface area (Å²) in [7, 11) is 0. The van der Waals surface area contributed by atoms with E-state index in [1.54, 1.807) is 6.07 Å². The summed E-state index contributed by atoms with van der Waals surface area (Å²) in [6.45, 7) is 3.67. The van der Waals surface area contributed by atoms with Gasteiger partial charge in [-0.3, -0.25) is 0 Å². The first-order valence-electron chi connectivity index (χ1n) is 5.68. The van der Waals surface area contributed by atoms with Crippen LogP contribution in [0.15, 0.2) is 12.4 Å². The van der Waals surface area contributed by atoms with Crippen molar-refractivity contribution in [1.29, 1.82) is 0 Å². The van der Waals surface area contributed by atoms with Crippen molar-refractivity contribution in [2.45, 2.75) is 0 Å². The summed E-state index contributed by atoms with van der Waals surface area (Å²) >= 11 is 11.9. The quantitative estimate of drug-likeness (QED) is 0.808. The molecule has 0 amide bonds. The van der Waals surface area contributed by atoms with Gasteiger partial charge >= 0.3 is 0 Å². The molecular weight excluding hydrogens is 273 g/mol. The fraction of sp³-hybridized carbons (Fsp3) is 0.364. The van der Waals surface area contributed by atoms with Crippen LogP contribution in [0.25, 0.3) is 11.0 Å². The van der Waals surface area contributed by atoms with Crippen molar-refractivity contribution in [1.82, 2.24) is 20.3 Å². The third-order valence-corrected chi connectivity index (χ3v) is 3.59. The standard InChI is InChI=1S/C11H11Cl2N5/c12-7-5-8-9(17-10(7)13)11(16-6-15-8)18-3-1-14-2-4-18/h5-6,14H,1-4H2. The summed E-state index contributed by atoms with van der Waals surface area (Å²) in [5, 5.41) is 4.00. The van der Waals surface area contributed by atoms with Crippen molar-refractivity contribution in [3.8, 4) is 0 Å². The number of aromatic nitrogens is 3. The van der Waals surface area contributed by atoms with E-state index in [9.17, 15) is 0 Å². The molecule has 0 radical (unpaired) electrons. The number of pyridine rings is 1. The largest absolute Gasteiger partial charge is 0.352 e. The van der Waals surface area contributed by atoms with Gasteiger partial charge in [-0.15, -0.1) is 0 Å². The fourth-order valence-electron chi connectivity index (χ4n) is 2.03. The minimum Gasteiger partial charge on any atom is -0.352 e. The number of anilines is 1. The van der Waals surface area contributed by atoms with Crippen LogP contribution in [-0.2, 0) is 0 Å². The van der Waals surface area contributed by atoms with Crippen molar-refractivity contribution in [2.24, 2.45) is 0 Å². The van der Waals surface area contributed by atoms with Gasteiger partial charge in [0, 0.05) is 26.2 Å². The Kier molecular flexibility index (Phi) is 3.20. The molecule has 5 nitrogen and oxygen atoms in total. The van der Waals surface area contributed by atoms with Gasteiger partial charge in [-0.2, -0.15) is 0 Å². The Balaban J connectivity index is 2.13. The van der Waals surface area contributed by atoms with Gasteiger partial charge in [0.15, 0.2) is 5.82 Å². The van der Waals surface area contributed by atoms with Gasteiger partial charge in [-0.05, 0) is 6.07 Å².